The molecule has 0 unspecified atom stereocenters. The Morgan fingerprint density at radius 2 is 1.83 bits per heavy atom. The fraction of sp³-hybridized carbons (Fsp3) is 0.0500. The zero-order chi connectivity index (χ0) is 21.3. The molecule has 4 aromatic rings. The van der Waals surface area contributed by atoms with Crippen molar-refractivity contribution in [3.05, 3.63) is 83.5 Å². The highest BCUT2D eigenvalue weighted by atomic mass is 35.5. The van der Waals surface area contributed by atoms with E-state index < -0.39 is 15.9 Å². The molecule has 8 nitrogen and oxygen atoms in total. The van der Waals surface area contributed by atoms with E-state index in [1.165, 1.54) is 31.3 Å². The molecular weight excluding hydrogens is 426 g/mol. The second-order valence-electron chi connectivity index (χ2n) is 6.39. The largest absolute Gasteiger partial charge is 0.290 e. The summed E-state index contributed by atoms with van der Waals surface area (Å²) in [6, 6.07) is 17.6. The van der Waals surface area contributed by atoms with Crippen LogP contribution in [-0.4, -0.2) is 36.0 Å². The molecule has 152 valence electrons. The molecule has 0 aliphatic heterocycles. The van der Waals surface area contributed by atoms with E-state index in [1.807, 2.05) is 0 Å². The lowest BCUT2D eigenvalue weighted by Crippen LogP contribution is -2.27. The molecule has 1 amide bonds. The van der Waals surface area contributed by atoms with Crippen molar-refractivity contribution in [2.75, 3.05) is 16.7 Å². The van der Waals surface area contributed by atoms with Crippen molar-refractivity contribution in [1.82, 2.24) is 14.6 Å². The van der Waals surface area contributed by atoms with Crippen LogP contribution in [0, 0.1) is 0 Å². The molecule has 0 atom stereocenters. The van der Waals surface area contributed by atoms with Crippen LogP contribution in [-0.2, 0) is 10.0 Å². The van der Waals surface area contributed by atoms with E-state index in [1.54, 1.807) is 53.1 Å². The summed E-state index contributed by atoms with van der Waals surface area (Å²) >= 11 is 5.97. The van der Waals surface area contributed by atoms with E-state index in [-0.39, 0.29) is 16.4 Å². The summed E-state index contributed by atoms with van der Waals surface area (Å²) in [5.41, 5.74) is 1.16. The maximum absolute atomic E-state index is 13.0. The van der Waals surface area contributed by atoms with Gasteiger partial charge in [-0.3, -0.25) is 18.8 Å². The van der Waals surface area contributed by atoms with Gasteiger partial charge in [-0.15, -0.1) is 10.2 Å². The first kappa shape index (κ1) is 19.9. The number of nitrogens with zero attached hydrogens (tertiary/aromatic N) is 4. The van der Waals surface area contributed by atoms with Crippen molar-refractivity contribution in [3.63, 3.8) is 0 Å². The predicted molar refractivity (Wildman–Crippen MR) is 114 cm³/mol. The molecule has 0 fully saturated rings. The average Bonchev–Trinajstić information content (AvgIpc) is 3.16. The van der Waals surface area contributed by atoms with E-state index in [0.29, 0.717) is 16.4 Å². The number of fused-ring (bicyclic) bond motifs is 1. The molecular formula is C20H16ClN5O3S. The molecule has 2 aromatic carbocycles. The van der Waals surface area contributed by atoms with Crippen LogP contribution < -0.4 is 9.62 Å². The SMILES string of the molecule is CN(c1cccc(Cl)c1)S(=O)(=O)c1cccc(C(=O)Nc2nnc3ccccn23)c1. The van der Waals surface area contributed by atoms with Gasteiger partial charge in [-0.1, -0.05) is 29.8 Å². The zero-order valence-corrected chi connectivity index (χ0v) is 17.3. The van der Waals surface area contributed by atoms with E-state index in [2.05, 4.69) is 15.5 Å². The smallest absolute Gasteiger partial charge is 0.264 e. The first-order valence-corrected chi connectivity index (χ1v) is 10.6. The number of nitrogens with one attached hydrogen (secondary N) is 1. The summed E-state index contributed by atoms with van der Waals surface area (Å²) in [7, 11) is -2.47. The standard InChI is InChI=1S/C20H16ClN5O3S/c1-25(16-8-5-7-15(21)13-16)30(28,29)17-9-4-6-14(12-17)19(27)22-20-24-23-18-10-2-3-11-26(18)20/h2-13H,1H3,(H,22,24,27). The highest BCUT2D eigenvalue weighted by molar-refractivity contribution is 7.92. The maximum atomic E-state index is 13.0. The predicted octanol–water partition coefficient (Wildman–Crippen LogP) is 3.46. The van der Waals surface area contributed by atoms with E-state index >= 15 is 0 Å². The van der Waals surface area contributed by atoms with Gasteiger partial charge in [-0.25, -0.2) is 8.42 Å². The van der Waals surface area contributed by atoms with Crippen LogP contribution in [0.5, 0.6) is 0 Å². The van der Waals surface area contributed by atoms with Gasteiger partial charge >= 0.3 is 0 Å². The van der Waals surface area contributed by atoms with Crippen LogP contribution in [0.25, 0.3) is 5.65 Å². The minimum Gasteiger partial charge on any atom is -0.290 e. The van der Waals surface area contributed by atoms with Crippen LogP contribution in [0.2, 0.25) is 5.02 Å². The number of anilines is 2. The summed E-state index contributed by atoms with van der Waals surface area (Å²) in [6.07, 6.45) is 1.71. The van der Waals surface area contributed by atoms with Gasteiger partial charge < -0.3 is 0 Å². The molecule has 0 bridgehead atoms. The van der Waals surface area contributed by atoms with Crippen LogP contribution in [0.15, 0.2) is 77.8 Å². The van der Waals surface area contributed by atoms with Gasteiger partial charge in [0, 0.05) is 23.8 Å². The molecule has 0 saturated carbocycles. The molecule has 1 N–H and O–H groups in total. The lowest BCUT2D eigenvalue weighted by Gasteiger charge is -2.20. The van der Waals surface area contributed by atoms with Gasteiger partial charge in [-0.2, -0.15) is 0 Å². The highest BCUT2D eigenvalue weighted by Gasteiger charge is 2.23. The first-order valence-electron chi connectivity index (χ1n) is 8.82. The monoisotopic (exact) mass is 441 g/mol. The molecule has 0 spiro atoms. The topological polar surface area (TPSA) is 96.7 Å². The zero-order valence-electron chi connectivity index (χ0n) is 15.7. The molecule has 0 aliphatic carbocycles. The average molecular weight is 442 g/mol. The van der Waals surface area contributed by atoms with Gasteiger partial charge in [0.2, 0.25) is 5.95 Å². The van der Waals surface area contributed by atoms with Gasteiger partial charge in [0.1, 0.15) is 0 Å². The van der Waals surface area contributed by atoms with Crippen molar-refractivity contribution >= 4 is 44.8 Å². The maximum Gasteiger partial charge on any atom is 0.264 e. The summed E-state index contributed by atoms with van der Waals surface area (Å²) in [4.78, 5) is 12.7. The molecule has 2 heterocycles. The summed E-state index contributed by atoms with van der Waals surface area (Å²) in [6.45, 7) is 0. The first-order chi connectivity index (χ1) is 14.4. The molecule has 4 rings (SSSR count). The normalized spacial score (nSPS) is 11.4. The fourth-order valence-corrected chi connectivity index (χ4v) is 4.29. The van der Waals surface area contributed by atoms with Crippen molar-refractivity contribution in [2.24, 2.45) is 0 Å². The third-order valence-corrected chi connectivity index (χ3v) is 6.48. The third kappa shape index (κ3) is 3.72. The highest BCUT2D eigenvalue weighted by Crippen LogP contribution is 2.25. The Morgan fingerprint density at radius 1 is 1.03 bits per heavy atom. The van der Waals surface area contributed by atoms with Gasteiger partial charge in [-0.05, 0) is 48.5 Å². The fourth-order valence-electron chi connectivity index (χ4n) is 2.87. The van der Waals surface area contributed by atoms with E-state index in [4.69, 9.17) is 11.6 Å². The van der Waals surface area contributed by atoms with Gasteiger partial charge in [0.25, 0.3) is 15.9 Å². The quantitative estimate of drug-likeness (QED) is 0.511. The van der Waals surface area contributed by atoms with Crippen molar-refractivity contribution in [2.45, 2.75) is 4.90 Å². The molecule has 0 aliphatic rings. The Bertz CT molecular complexity index is 1350. The number of sulfonamides is 1. The van der Waals surface area contributed by atoms with Crippen LogP contribution in [0.4, 0.5) is 11.6 Å². The minimum absolute atomic E-state index is 0.0243. The number of pyridine rings is 1. The molecule has 0 radical (unpaired) electrons. The summed E-state index contributed by atoms with van der Waals surface area (Å²) in [5, 5.41) is 11.0. The number of halogens is 1. The number of hydrogen-bond acceptors (Lipinski definition) is 5. The Labute approximate surface area is 177 Å². The van der Waals surface area contributed by atoms with Crippen LogP contribution in [0.3, 0.4) is 0 Å². The second-order valence-corrected chi connectivity index (χ2v) is 8.79. The Balaban J connectivity index is 1.62. The van der Waals surface area contributed by atoms with Crippen molar-refractivity contribution in [3.8, 4) is 0 Å². The summed E-state index contributed by atoms with van der Waals surface area (Å²) < 4.78 is 28.8. The second kappa shape index (κ2) is 7.77. The Morgan fingerprint density at radius 3 is 2.63 bits per heavy atom. The number of rotatable bonds is 5. The van der Waals surface area contributed by atoms with E-state index in [0.717, 1.165) is 4.31 Å². The number of aromatic nitrogens is 3. The molecule has 0 saturated heterocycles. The minimum atomic E-state index is -3.90. The number of benzene rings is 2. The van der Waals surface area contributed by atoms with Crippen LogP contribution >= 0.6 is 11.6 Å². The molecule has 10 heteroatoms. The van der Waals surface area contributed by atoms with Crippen molar-refractivity contribution in [1.29, 1.82) is 0 Å². The number of carbonyl (C=O) groups is 1. The molecule has 30 heavy (non-hydrogen) atoms. The lowest BCUT2D eigenvalue weighted by atomic mass is 10.2. The number of carbonyl (C=O) groups excluding carboxylic acids is 1. The molecule has 2 aromatic heterocycles. The van der Waals surface area contributed by atoms with Crippen molar-refractivity contribution < 1.29 is 13.2 Å². The summed E-state index contributed by atoms with van der Waals surface area (Å²) in [5.74, 6) is -0.268. The Hall–Kier alpha value is -3.43. The third-order valence-electron chi connectivity index (χ3n) is 4.47. The van der Waals surface area contributed by atoms with Gasteiger partial charge in [0.15, 0.2) is 5.65 Å². The van der Waals surface area contributed by atoms with E-state index in [9.17, 15) is 13.2 Å². The van der Waals surface area contributed by atoms with Crippen LogP contribution in [0.1, 0.15) is 10.4 Å². The number of hydrogen-bond donors (Lipinski definition) is 1. The number of amides is 1. The Kier molecular flexibility index (Phi) is 5.15. The lowest BCUT2D eigenvalue weighted by molar-refractivity contribution is 0.102. The van der Waals surface area contributed by atoms with Gasteiger partial charge in [0.05, 0.1) is 10.6 Å².